The van der Waals surface area contributed by atoms with Crippen molar-refractivity contribution in [3.8, 4) is 5.75 Å². The third kappa shape index (κ3) is 8.29. The molecule has 0 heterocycles. The fourth-order valence-corrected chi connectivity index (χ4v) is 4.08. The first-order chi connectivity index (χ1) is 14.7. The number of benzene rings is 2. The van der Waals surface area contributed by atoms with Gasteiger partial charge in [-0.05, 0) is 50.5 Å². The smallest absolute Gasteiger partial charge is 0.243 e. The van der Waals surface area contributed by atoms with E-state index in [1.807, 2.05) is 82.3 Å². The summed E-state index contributed by atoms with van der Waals surface area (Å²) in [6, 6.07) is 17.2. The van der Waals surface area contributed by atoms with Crippen LogP contribution in [0.25, 0.3) is 0 Å². The largest absolute Gasteiger partial charge is 0.497 e. The van der Waals surface area contributed by atoms with Crippen molar-refractivity contribution in [3.05, 3.63) is 65.7 Å². The van der Waals surface area contributed by atoms with E-state index in [1.165, 1.54) is 0 Å². The van der Waals surface area contributed by atoms with Gasteiger partial charge in [0.2, 0.25) is 11.8 Å². The molecule has 0 saturated carbocycles. The first-order valence-electron chi connectivity index (χ1n) is 10.6. The van der Waals surface area contributed by atoms with Crippen molar-refractivity contribution in [2.75, 3.05) is 12.9 Å². The van der Waals surface area contributed by atoms with Crippen LogP contribution in [0.15, 0.2) is 54.6 Å². The molecule has 0 radical (unpaired) electrons. The van der Waals surface area contributed by atoms with Gasteiger partial charge in [-0.25, -0.2) is 0 Å². The van der Waals surface area contributed by atoms with Crippen molar-refractivity contribution in [2.45, 2.75) is 58.0 Å². The van der Waals surface area contributed by atoms with Crippen molar-refractivity contribution < 1.29 is 14.3 Å². The average Bonchev–Trinajstić information content (AvgIpc) is 2.73. The molecule has 0 fully saturated rings. The molecule has 0 aliphatic heterocycles. The highest BCUT2D eigenvalue weighted by Crippen LogP contribution is 2.19. The second kappa shape index (κ2) is 11.8. The van der Waals surface area contributed by atoms with Gasteiger partial charge in [0.15, 0.2) is 0 Å². The third-order valence-corrected chi connectivity index (χ3v) is 5.72. The van der Waals surface area contributed by atoms with Crippen LogP contribution in [0, 0.1) is 0 Å². The molecule has 168 valence electrons. The molecule has 0 aliphatic carbocycles. The molecule has 2 aromatic rings. The lowest BCUT2D eigenvalue weighted by molar-refractivity contribution is -0.140. The Hall–Kier alpha value is -2.47. The van der Waals surface area contributed by atoms with Crippen LogP contribution >= 0.6 is 11.8 Å². The Morgan fingerprint density at radius 1 is 1.03 bits per heavy atom. The molecule has 0 saturated heterocycles. The van der Waals surface area contributed by atoms with E-state index in [9.17, 15) is 9.59 Å². The lowest BCUT2D eigenvalue weighted by Gasteiger charge is -2.33. The van der Waals surface area contributed by atoms with Crippen molar-refractivity contribution in [3.63, 3.8) is 0 Å². The molecule has 1 atom stereocenters. The van der Waals surface area contributed by atoms with E-state index in [2.05, 4.69) is 5.32 Å². The number of carbonyl (C=O) groups is 2. The highest BCUT2D eigenvalue weighted by molar-refractivity contribution is 7.99. The number of nitrogens with one attached hydrogen (secondary N) is 1. The number of thioether (sulfide) groups is 1. The van der Waals surface area contributed by atoms with Gasteiger partial charge in [0.1, 0.15) is 11.8 Å². The number of rotatable bonds is 10. The molecule has 0 spiro atoms. The molecule has 1 N–H and O–H groups in total. The molecule has 2 rings (SSSR count). The predicted molar refractivity (Wildman–Crippen MR) is 128 cm³/mol. The minimum Gasteiger partial charge on any atom is -0.497 e. The fraction of sp³-hybridized carbons (Fsp3) is 0.440. The Balaban J connectivity index is 2.09. The molecule has 31 heavy (non-hydrogen) atoms. The van der Waals surface area contributed by atoms with Crippen molar-refractivity contribution >= 4 is 23.6 Å². The van der Waals surface area contributed by atoms with Crippen LogP contribution < -0.4 is 10.1 Å². The molecule has 0 bridgehead atoms. The van der Waals surface area contributed by atoms with Gasteiger partial charge in [-0.2, -0.15) is 0 Å². The summed E-state index contributed by atoms with van der Waals surface area (Å²) in [5, 5.41) is 3.03. The summed E-state index contributed by atoms with van der Waals surface area (Å²) < 4.78 is 5.19. The molecule has 2 aromatic carbocycles. The maximum absolute atomic E-state index is 13.2. The van der Waals surface area contributed by atoms with Gasteiger partial charge in [-0.3, -0.25) is 9.59 Å². The topological polar surface area (TPSA) is 58.6 Å². The van der Waals surface area contributed by atoms with Crippen LogP contribution in [0.4, 0.5) is 0 Å². The van der Waals surface area contributed by atoms with Crippen molar-refractivity contribution in [2.24, 2.45) is 0 Å². The summed E-state index contributed by atoms with van der Waals surface area (Å²) in [7, 11) is 1.64. The van der Waals surface area contributed by atoms with E-state index in [-0.39, 0.29) is 17.4 Å². The molecule has 0 aliphatic rings. The van der Waals surface area contributed by atoms with Crippen LogP contribution in [0.1, 0.15) is 45.2 Å². The second-order valence-electron chi connectivity index (χ2n) is 8.51. The quantitative estimate of drug-likeness (QED) is 0.582. The number of hydrogen-bond donors (Lipinski definition) is 1. The standard InChI is InChI=1S/C25H34N2O3S/c1-6-22(24(29)26-25(2,3)4)27(16-19-10-8-7-9-11-19)23(28)18-31-17-20-12-14-21(30-5)15-13-20/h7-15,22H,6,16-18H2,1-5H3,(H,26,29)/t22-/m0/s1. The summed E-state index contributed by atoms with van der Waals surface area (Å²) >= 11 is 1.56. The maximum atomic E-state index is 13.2. The highest BCUT2D eigenvalue weighted by atomic mass is 32.2. The van der Waals surface area contributed by atoms with E-state index in [0.717, 1.165) is 22.6 Å². The van der Waals surface area contributed by atoms with Crippen molar-refractivity contribution in [1.29, 1.82) is 0 Å². The second-order valence-corrected chi connectivity index (χ2v) is 9.50. The molecular formula is C25H34N2O3S. The van der Waals surface area contributed by atoms with Gasteiger partial charge in [0.05, 0.1) is 12.9 Å². The Labute approximate surface area is 190 Å². The fourth-order valence-electron chi connectivity index (χ4n) is 3.21. The monoisotopic (exact) mass is 442 g/mol. The molecule has 0 aromatic heterocycles. The zero-order valence-corrected chi connectivity index (χ0v) is 20.0. The van der Waals surface area contributed by atoms with E-state index in [4.69, 9.17) is 4.74 Å². The van der Waals surface area contributed by atoms with Crippen LogP contribution in [-0.2, 0) is 21.9 Å². The first-order valence-corrected chi connectivity index (χ1v) is 11.7. The van der Waals surface area contributed by atoms with Crippen LogP contribution in [0.5, 0.6) is 5.75 Å². The zero-order chi connectivity index (χ0) is 22.9. The number of carbonyl (C=O) groups excluding carboxylic acids is 2. The number of methoxy groups -OCH3 is 1. The molecule has 0 unspecified atom stereocenters. The van der Waals surface area contributed by atoms with Gasteiger partial charge in [0.25, 0.3) is 0 Å². The Morgan fingerprint density at radius 3 is 2.23 bits per heavy atom. The summed E-state index contributed by atoms with van der Waals surface area (Å²) in [4.78, 5) is 27.9. The lowest BCUT2D eigenvalue weighted by atomic mass is 10.1. The minimum absolute atomic E-state index is 0.0294. The molecule has 2 amide bonds. The van der Waals surface area contributed by atoms with Gasteiger partial charge in [-0.1, -0.05) is 49.4 Å². The molecule has 6 heteroatoms. The normalized spacial score (nSPS) is 12.2. The van der Waals surface area contributed by atoms with Crippen LogP contribution in [0.2, 0.25) is 0 Å². The average molecular weight is 443 g/mol. The molecular weight excluding hydrogens is 408 g/mol. The Morgan fingerprint density at radius 2 is 1.68 bits per heavy atom. The van der Waals surface area contributed by atoms with E-state index in [1.54, 1.807) is 23.8 Å². The predicted octanol–water partition coefficient (Wildman–Crippen LogP) is 4.65. The Bertz CT molecular complexity index is 832. The SMILES string of the molecule is CC[C@@H](C(=O)NC(C)(C)C)N(Cc1ccccc1)C(=O)CSCc1ccc(OC)cc1. The summed E-state index contributed by atoms with van der Waals surface area (Å²) in [5.74, 6) is 1.71. The summed E-state index contributed by atoms with van der Waals surface area (Å²) in [5.41, 5.74) is 1.79. The van der Waals surface area contributed by atoms with E-state index >= 15 is 0 Å². The van der Waals surface area contributed by atoms with Gasteiger partial charge in [-0.15, -0.1) is 11.8 Å². The Kier molecular flexibility index (Phi) is 9.44. The third-order valence-electron chi connectivity index (χ3n) is 4.73. The van der Waals surface area contributed by atoms with E-state index < -0.39 is 6.04 Å². The van der Waals surface area contributed by atoms with Gasteiger partial charge in [0, 0.05) is 17.8 Å². The summed E-state index contributed by atoms with van der Waals surface area (Å²) in [6.07, 6.45) is 0.559. The van der Waals surface area contributed by atoms with E-state index in [0.29, 0.717) is 18.7 Å². The van der Waals surface area contributed by atoms with Crippen molar-refractivity contribution in [1.82, 2.24) is 10.2 Å². The lowest BCUT2D eigenvalue weighted by Crippen LogP contribution is -2.53. The highest BCUT2D eigenvalue weighted by Gasteiger charge is 2.30. The molecule has 5 nitrogen and oxygen atoms in total. The maximum Gasteiger partial charge on any atom is 0.243 e. The van der Waals surface area contributed by atoms with Gasteiger partial charge < -0.3 is 15.0 Å². The number of nitrogens with zero attached hydrogens (tertiary/aromatic N) is 1. The minimum atomic E-state index is -0.506. The summed E-state index contributed by atoms with van der Waals surface area (Å²) in [6.45, 7) is 8.21. The number of hydrogen-bond acceptors (Lipinski definition) is 4. The zero-order valence-electron chi connectivity index (χ0n) is 19.2. The number of amides is 2. The van der Waals surface area contributed by atoms with Gasteiger partial charge >= 0.3 is 0 Å². The van der Waals surface area contributed by atoms with Crippen LogP contribution in [-0.4, -0.2) is 41.2 Å². The first kappa shape index (κ1) is 24.8. The van der Waals surface area contributed by atoms with Crippen LogP contribution in [0.3, 0.4) is 0 Å². The number of ether oxygens (including phenoxy) is 1.